The Hall–Kier alpha value is -1.22. The van der Waals surface area contributed by atoms with Gasteiger partial charge in [0.25, 0.3) is 0 Å². The summed E-state index contributed by atoms with van der Waals surface area (Å²) in [6, 6.07) is 5.79. The van der Waals surface area contributed by atoms with Crippen LogP contribution in [0.25, 0.3) is 0 Å². The van der Waals surface area contributed by atoms with E-state index in [1.807, 2.05) is 25.1 Å². The summed E-state index contributed by atoms with van der Waals surface area (Å²) in [4.78, 5) is 0. The third kappa shape index (κ3) is 2.67. The van der Waals surface area contributed by atoms with Crippen molar-refractivity contribution in [2.45, 2.75) is 25.9 Å². The van der Waals surface area contributed by atoms with Crippen molar-refractivity contribution >= 4 is 0 Å². The van der Waals surface area contributed by atoms with Gasteiger partial charge in [0.2, 0.25) is 0 Å². The first-order valence-electron chi connectivity index (χ1n) is 5.66. The molecule has 0 heterocycles. The maximum absolute atomic E-state index is 9.70. The Morgan fingerprint density at radius 3 is 2.75 bits per heavy atom. The largest absolute Gasteiger partial charge is 0.493 e. The van der Waals surface area contributed by atoms with Gasteiger partial charge in [0, 0.05) is 0 Å². The molecule has 1 aromatic rings. The van der Waals surface area contributed by atoms with Gasteiger partial charge in [-0.05, 0) is 43.4 Å². The van der Waals surface area contributed by atoms with Crippen molar-refractivity contribution in [1.29, 1.82) is 0 Å². The summed E-state index contributed by atoms with van der Waals surface area (Å²) < 4.78 is 10.8. The van der Waals surface area contributed by atoms with Gasteiger partial charge >= 0.3 is 0 Å². The van der Waals surface area contributed by atoms with Gasteiger partial charge in [-0.1, -0.05) is 6.07 Å². The van der Waals surface area contributed by atoms with Crippen LogP contribution in [0.5, 0.6) is 11.5 Å². The fourth-order valence-electron chi connectivity index (χ4n) is 1.69. The van der Waals surface area contributed by atoms with E-state index in [0.717, 1.165) is 24.2 Å². The van der Waals surface area contributed by atoms with Crippen molar-refractivity contribution < 1.29 is 14.6 Å². The van der Waals surface area contributed by atoms with E-state index in [1.54, 1.807) is 7.11 Å². The number of ether oxygens (including phenoxy) is 2. The van der Waals surface area contributed by atoms with Gasteiger partial charge in [0.05, 0.1) is 13.2 Å². The van der Waals surface area contributed by atoms with Crippen LogP contribution in [0.2, 0.25) is 0 Å². The van der Waals surface area contributed by atoms with Crippen molar-refractivity contribution in [2.24, 2.45) is 5.92 Å². The Kier molecular flexibility index (Phi) is 3.34. The highest BCUT2D eigenvalue weighted by atomic mass is 16.5. The molecule has 3 heteroatoms. The average molecular weight is 222 g/mol. The highest BCUT2D eigenvalue weighted by molar-refractivity contribution is 5.42. The van der Waals surface area contributed by atoms with Gasteiger partial charge in [-0.3, -0.25) is 0 Å². The summed E-state index contributed by atoms with van der Waals surface area (Å²) in [5.74, 6) is 1.87. The van der Waals surface area contributed by atoms with Crippen LogP contribution in [0.4, 0.5) is 0 Å². The summed E-state index contributed by atoms with van der Waals surface area (Å²) in [5, 5.41) is 9.70. The molecule has 0 aromatic heterocycles. The monoisotopic (exact) mass is 222 g/mol. The molecule has 0 amide bonds. The number of rotatable bonds is 5. The molecule has 0 spiro atoms. The number of benzene rings is 1. The van der Waals surface area contributed by atoms with Crippen molar-refractivity contribution in [3.05, 3.63) is 23.8 Å². The highest BCUT2D eigenvalue weighted by Gasteiger charge is 2.30. The van der Waals surface area contributed by atoms with Gasteiger partial charge in [-0.25, -0.2) is 0 Å². The first-order chi connectivity index (χ1) is 7.70. The molecule has 2 rings (SSSR count). The van der Waals surface area contributed by atoms with Crippen LogP contribution in [-0.2, 0) is 0 Å². The lowest BCUT2D eigenvalue weighted by molar-refractivity contribution is 0.0879. The minimum atomic E-state index is -0.342. The van der Waals surface area contributed by atoms with Gasteiger partial charge < -0.3 is 14.6 Å². The standard InChI is InChI=1S/C13H18O3/c1-9-3-6-12(13(7-9)15-2)16-8-11(14)10-4-5-10/h3,6-7,10-11,14H,4-5,8H2,1-2H3. The average Bonchev–Trinajstić information content (AvgIpc) is 3.10. The lowest BCUT2D eigenvalue weighted by atomic mass is 10.2. The number of methoxy groups -OCH3 is 1. The number of hydrogen-bond acceptors (Lipinski definition) is 3. The molecule has 0 saturated heterocycles. The van der Waals surface area contributed by atoms with Gasteiger partial charge in [0.15, 0.2) is 11.5 Å². The van der Waals surface area contributed by atoms with Crippen molar-refractivity contribution in [2.75, 3.05) is 13.7 Å². The lowest BCUT2D eigenvalue weighted by Gasteiger charge is -2.14. The van der Waals surface area contributed by atoms with Gasteiger partial charge in [0.1, 0.15) is 6.61 Å². The molecule has 1 saturated carbocycles. The van der Waals surface area contributed by atoms with Gasteiger partial charge in [-0.15, -0.1) is 0 Å². The highest BCUT2D eigenvalue weighted by Crippen LogP contribution is 2.34. The van der Waals surface area contributed by atoms with Crippen LogP contribution in [0, 0.1) is 12.8 Å². The van der Waals surface area contributed by atoms with Crippen LogP contribution in [0.1, 0.15) is 18.4 Å². The van der Waals surface area contributed by atoms with Crippen LogP contribution in [-0.4, -0.2) is 24.9 Å². The van der Waals surface area contributed by atoms with E-state index in [9.17, 15) is 5.11 Å². The SMILES string of the molecule is COc1cc(C)ccc1OCC(O)C1CC1. The zero-order valence-electron chi connectivity index (χ0n) is 9.77. The molecule has 0 bridgehead atoms. The molecule has 1 fully saturated rings. The predicted molar refractivity (Wildman–Crippen MR) is 62.0 cm³/mol. The Labute approximate surface area is 96.0 Å². The fraction of sp³-hybridized carbons (Fsp3) is 0.538. The molecule has 88 valence electrons. The lowest BCUT2D eigenvalue weighted by Crippen LogP contribution is -2.19. The smallest absolute Gasteiger partial charge is 0.161 e. The van der Waals surface area contributed by atoms with Crippen molar-refractivity contribution in [3.8, 4) is 11.5 Å². The van der Waals surface area contributed by atoms with E-state index in [-0.39, 0.29) is 6.10 Å². The van der Waals surface area contributed by atoms with Crippen molar-refractivity contribution in [3.63, 3.8) is 0 Å². The fourth-order valence-corrected chi connectivity index (χ4v) is 1.69. The number of aliphatic hydroxyl groups excluding tert-OH is 1. The molecule has 3 nitrogen and oxygen atoms in total. The third-order valence-electron chi connectivity index (χ3n) is 2.89. The summed E-state index contributed by atoms with van der Waals surface area (Å²) in [7, 11) is 1.62. The van der Waals surface area contributed by atoms with E-state index in [1.165, 1.54) is 0 Å². The number of aryl methyl sites for hydroxylation is 1. The predicted octanol–water partition coefficient (Wildman–Crippen LogP) is 2.15. The molecule has 1 atom stereocenters. The molecule has 0 radical (unpaired) electrons. The van der Waals surface area contributed by atoms with Gasteiger partial charge in [-0.2, -0.15) is 0 Å². The second-order valence-corrected chi connectivity index (χ2v) is 4.37. The minimum Gasteiger partial charge on any atom is -0.493 e. The van der Waals surface area contributed by atoms with Crippen LogP contribution < -0.4 is 9.47 Å². The normalized spacial score (nSPS) is 16.9. The third-order valence-corrected chi connectivity index (χ3v) is 2.89. The second kappa shape index (κ2) is 4.74. The Bertz CT molecular complexity index is 358. The van der Waals surface area contributed by atoms with E-state index in [0.29, 0.717) is 18.3 Å². The van der Waals surface area contributed by atoms with Crippen LogP contribution in [0.3, 0.4) is 0 Å². The molecular weight excluding hydrogens is 204 g/mol. The number of hydrogen-bond donors (Lipinski definition) is 1. The number of aliphatic hydroxyl groups is 1. The molecule has 1 aromatic carbocycles. The zero-order valence-corrected chi connectivity index (χ0v) is 9.77. The van der Waals surface area contributed by atoms with E-state index in [4.69, 9.17) is 9.47 Å². The summed E-state index contributed by atoms with van der Waals surface area (Å²) >= 11 is 0. The zero-order chi connectivity index (χ0) is 11.5. The summed E-state index contributed by atoms with van der Waals surface area (Å²) in [6.45, 7) is 2.36. The van der Waals surface area contributed by atoms with E-state index >= 15 is 0 Å². The second-order valence-electron chi connectivity index (χ2n) is 4.37. The molecule has 16 heavy (non-hydrogen) atoms. The van der Waals surface area contributed by atoms with E-state index in [2.05, 4.69) is 0 Å². The Morgan fingerprint density at radius 2 is 2.12 bits per heavy atom. The molecule has 1 aliphatic rings. The van der Waals surface area contributed by atoms with Crippen LogP contribution >= 0.6 is 0 Å². The first-order valence-corrected chi connectivity index (χ1v) is 5.66. The summed E-state index contributed by atoms with van der Waals surface area (Å²) in [6.07, 6.45) is 1.90. The topological polar surface area (TPSA) is 38.7 Å². The Balaban J connectivity index is 1.97. The molecular formula is C13H18O3. The first kappa shape index (κ1) is 11.3. The quantitative estimate of drug-likeness (QED) is 0.829. The molecule has 1 unspecified atom stereocenters. The molecule has 1 N–H and O–H groups in total. The summed E-state index contributed by atoms with van der Waals surface area (Å²) in [5.41, 5.74) is 1.13. The van der Waals surface area contributed by atoms with Crippen LogP contribution in [0.15, 0.2) is 18.2 Å². The Morgan fingerprint density at radius 1 is 1.38 bits per heavy atom. The van der Waals surface area contributed by atoms with E-state index < -0.39 is 0 Å². The molecule has 0 aliphatic heterocycles. The molecule has 1 aliphatic carbocycles. The van der Waals surface area contributed by atoms with Crippen molar-refractivity contribution in [1.82, 2.24) is 0 Å². The maximum Gasteiger partial charge on any atom is 0.161 e. The minimum absolute atomic E-state index is 0.342. The maximum atomic E-state index is 9.70.